The van der Waals surface area contributed by atoms with E-state index < -0.39 is 0 Å². The van der Waals surface area contributed by atoms with Crippen molar-refractivity contribution in [2.45, 2.75) is 38.6 Å². The molecule has 0 aliphatic heterocycles. The van der Waals surface area contributed by atoms with Crippen LogP contribution in [-0.2, 0) is 10.6 Å². The van der Waals surface area contributed by atoms with Gasteiger partial charge in [-0.25, -0.2) is 9.97 Å². The number of nitrogens with zero attached hydrogens (tertiary/aromatic N) is 2. The molecule has 158 valence electrons. The van der Waals surface area contributed by atoms with Gasteiger partial charge < -0.3 is 13.9 Å². The number of anilines is 1. The van der Waals surface area contributed by atoms with Gasteiger partial charge in [0.1, 0.15) is 23.7 Å². The molecule has 0 aromatic carbocycles. The maximum atomic E-state index is 13.1. The van der Waals surface area contributed by atoms with Crippen molar-refractivity contribution < 1.29 is 13.4 Å². The number of thiophene rings is 1. The molecule has 7 nitrogen and oxygen atoms in total. The normalized spacial score (nSPS) is 18.6. The van der Waals surface area contributed by atoms with Crippen molar-refractivity contribution in [3.63, 3.8) is 0 Å². The van der Waals surface area contributed by atoms with Crippen molar-refractivity contribution in [2.24, 2.45) is 11.1 Å². The molecule has 0 bridgehead atoms. The van der Waals surface area contributed by atoms with E-state index in [2.05, 4.69) is 15.3 Å². The Kier molecular flexibility index (Phi) is 6.83. The molecule has 3 aromatic heterocycles. The van der Waals surface area contributed by atoms with E-state index in [0.29, 0.717) is 35.2 Å². The van der Waals surface area contributed by atoms with Crippen molar-refractivity contribution in [1.29, 1.82) is 0 Å². The molecular weight excluding hydrogens is 420 g/mol. The van der Waals surface area contributed by atoms with Crippen molar-refractivity contribution in [1.82, 2.24) is 9.97 Å². The van der Waals surface area contributed by atoms with E-state index in [1.807, 2.05) is 30.5 Å². The summed E-state index contributed by atoms with van der Waals surface area (Å²) in [5.41, 5.74) is 1.55. The maximum absolute atomic E-state index is 13.1. The van der Waals surface area contributed by atoms with E-state index in [4.69, 9.17) is 13.7 Å². The summed E-state index contributed by atoms with van der Waals surface area (Å²) in [6.07, 6.45) is 6.76. The summed E-state index contributed by atoms with van der Waals surface area (Å²) in [4.78, 5) is 22.2. The van der Waals surface area contributed by atoms with Crippen LogP contribution in [0.15, 0.2) is 40.5 Å². The van der Waals surface area contributed by atoms with Crippen LogP contribution < -0.4 is 10.5 Å². The summed E-state index contributed by atoms with van der Waals surface area (Å²) >= 11 is 2.34. The van der Waals surface area contributed by atoms with E-state index in [1.54, 1.807) is 6.20 Å². The first-order valence-electron chi connectivity index (χ1n) is 9.84. The Morgan fingerprint density at radius 3 is 3.13 bits per heavy atom. The van der Waals surface area contributed by atoms with Gasteiger partial charge in [-0.1, -0.05) is 0 Å². The van der Waals surface area contributed by atoms with Gasteiger partial charge in [-0.05, 0) is 61.2 Å². The average molecular weight is 445 g/mol. The fraction of sp³-hybridized carbons (Fsp3) is 0.381. The molecule has 3 aromatic rings. The maximum Gasteiger partial charge on any atom is 0.208 e. The Labute approximate surface area is 183 Å². The highest BCUT2D eigenvalue weighted by atomic mass is 32.2. The lowest BCUT2D eigenvalue weighted by Gasteiger charge is -2.15. The summed E-state index contributed by atoms with van der Waals surface area (Å²) in [5.74, 6) is 2.76. The Bertz CT molecular complexity index is 1000. The van der Waals surface area contributed by atoms with Crippen LogP contribution in [-0.4, -0.2) is 28.4 Å². The number of nitrogens with two attached hydrogens (primary N) is 1. The second kappa shape index (κ2) is 9.74. The monoisotopic (exact) mass is 444 g/mol. The summed E-state index contributed by atoms with van der Waals surface area (Å²) in [5, 5.41) is 10.8. The molecule has 1 saturated carbocycles. The molecule has 1 fully saturated rings. The molecule has 9 heteroatoms. The first-order valence-corrected chi connectivity index (χ1v) is 11.5. The molecule has 0 spiro atoms. The number of hydrogen-bond acceptors (Lipinski definition) is 9. The van der Waals surface area contributed by atoms with Crippen LogP contribution in [0.4, 0.5) is 5.82 Å². The summed E-state index contributed by atoms with van der Waals surface area (Å²) < 4.78 is 10.9. The fourth-order valence-corrected chi connectivity index (χ4v) is 4.94. The quantitative estimate of drug-likeness (QED) is 0.285. The Morgan fingerprint density at radius 2 is 2.33 bits per heavy atom. The third kappa shape index (κ3) is 5.10. The van der Waals surface area contributed by atoms with Gasteiger partial charge in [-0.2, -0.15) is 0 Å². The largest absolute Gasteiger partial charge is 0.466 e. The molecule has 1 aliphatic carbocycles. The topological polar surface area (TPSA) is 103 Å². The minimum Gasteiger partial charge on any atom is -0.466 e. The molecule has 3 N–H and O–H groups in total. The predicted molar refractivity (Wildman–Crippen MR) is 119 cm³/mol. The van der Waals surface area contributed by atoms with Crippen molar-refractivity contribution in [3.8, 4) is 0 Å². The number of carbonyl (C=O) groups excluding carboxylic acids is 1. The van der Waals surface area contributed by atoms with Crippen LogP contribution in [0.1, 0.15) is 51.6 Å². The van der Waals surface area contributed by atoms with Crippen LogP contribution in [0.2, 0.25) is 0 Å². The summed E-state index contributed by atoms with van der Waals surface area (Å²) in [7, 11) is 0. The van der Waals surface area contributed by atoms with E-state index in [-0.39, 0.29) is 11.8 Å². The zero-order valence-corrected chi connectivity index (χ0v) is 18.3. The van der Waals surface area contributed by atoms with E-state index >= 15 is 0 Å². The molecule has 2 atom stereocenters. The van der Waals surface area contributed by atoms with Gasteiger partial charge in [-0.3, -0.25) is 9.93 Å². The lowest BCUT2D eigenvalue weighted by atomic mass is 10.1. The van der Waals surface area contributed by atoms with E-state index in [0.717, 1.165) is 48.6 Å². The number of aromatic nitrogens is 2. The highest BCUT2D eigenvalue weighted by Gasteiger charge is 2.27. The lowest BCUT2D eigenvalue weighted by molar-refractivity contribution is 0.104. The molecule has 0 amide bonds. The zero-order valence-electron chi connectivity index (χ0n) is 16.7. The van der Waals surface area contributed by atoms with Gasteiger partial charge in [0, 0.05) is 18.7 Å². The molecule has 30 heavy (non-hydrogen) atoms. The van der Waals surface area contributed by atoms with Crippen LogP contribution in [0.25, 0.3) is 0 Å². The number of carbonyl (C=O) groups is 1. The second-order valence-corrected chi connectivity index (χ2v) is 8.86. The van der Waals surface area contributed by atoms with E-state index in [1.165, 1.54) is 17.7 Å². The number of furan rings is 1. The predicted octanol–water partition coefficient (Wildman–Crippen LogP) is 4.38. The van der Waals surface area contributed by atoms with Gasteiger partial charge in [0.15, 0.2) is 0 Å². The molecule has 0 saturated heterocycles. The van der Waals surface area contributed by atoms with E-state index in [9.17, 15) is 4.79 Å². The summed E-state index contributed by atoms with van der Waals surface area (Å²) in [6, 6.07) is 6.09. The fourth-order valence-electron chi connectivity index (χ4n) is 3.80. The van der Waals surface area contributed by atoms with Gasteiger partial charge >= 0.3 is 0 Å². The van der Waals surface area contributed by atoms with Crippen LogP contribution in [0.5, 0.6) is 0 Å². The number of nitrogens with one attached hydrogen (secondary N) is 1. The van der Waals surface area contributed by atoms with Gasteiger partial charge in [0.25, 0.3) is 0 Å². The standard InChI is InChI=1S/C21H24N4O3S2/c1-13-2-5-17(28-13)7-15-8-19(29-11-15)20(26)18-9-23-12-24-21(18)25-16-4-3-14(6-16)10-27-30-22/h2,5,8-9,11-12,14,16H,3-4,6-7,10,22H2,1H3,(H,23,24,25). The molecule has 4 rings (SSSR count). The molecule has 1 aliphatic rings. The van der Waals surface area contributed by atoms with Crippen LogP contribution in [0, 0.1) is 12.8 Å². The Balaban J connectivity index is 1.44. The number of aryl methyl sites for hydroxylation is 1. The van der Waals surface area contributed by atoms with Gasteiger partial charge in [0.05, 0.1) is 29.3 Å². The molecular formula is C21H24N4O3S2. The molecule has 2 unspecified atom stereocenters. The SMILES string of the molecule is Cc1ccc(Cc2csc(C(=O)c3cncnc3NC3CCC(COSN)C3)c2)o1. The van der Waals surface area contributed by atoms with Gasteiger partial charge in [0.2, 0.25) is 5.78 Å². The number of rotatable bonds is 9. The first-order chi connectivity index (χ1) is 14.6. The first kappa shape index (κ1) is 21.0. The smallest absolute Gasteiger partial charge is 0.208 e. The van der Waals surface area contributed by atoms with Crippen molar-refractivity contribution in [2.75, 3.05) is 11.9 Å². The zero-order chi connectivity index (χ0) is 20.9. The number of ketones is 1. The number of hydrogen-bond donors (Lipinski definition) is 2. The average Bonchev–Trinajstić information content (AvgIpc) is 3.49. The molecule has 0 radical (unpaired) electrons. The lowest BCUT2D eigenvalue weighted by Crippen LogP contribution is -2.20. The van der Waals surface area contributed by atoms with Crippen LogP contribution in [0.3, 0.4) is 0 Å². The van der Waals surface area contributed by atoms with Gasteiger partial charge in [-0.15, -0.1) is 11.3 Å². The Morgan fingerprint density at radius 1 is 1.43 bits per heavy atom. The van der Waals surface area contributed by atoms with Crippen molar-refractivity contribution >= 4 is 35.2 Å². The minimum absolute atomic E-state index is 0.0672. The second-order valence-electron chi connectivity index (χ2n) is 7.52. The third-order valence-corrected chi connectivity index (χ3v) is 6.51. The highest BCUT2D eigenvalue weighted by Crippen LogP contribution is 2.30. The third-order valence-electron chi connectivity index (χ3n) is 5.26. The highest BCUT2D eigenvalue weighted by molar-refractivity contribution is 7.92. The molecule has 3 heterocycles. The van der Waals surface area contributed by atoms with Crippen LogP contribution >= 0.6 is 23.6 Å². The van der Waals surface area contributed by atoms with Crippen molar-refractivity contribution in [3.05, 3.63) is 63.6 Å². The Hall–Kier alpha value is -2.20. The minimum atomic E-state index is -0.0672. The summed E-state index contributed by atoms with van der Waals surface area (Å²) in [6.45, 7) is 2.56.